The van der Waals surface area contributed by atoms with Crippen LogP contribution in [0.25, 0.3) is 0 Å². The molecule has 0 aliphatic heterocycles. The number of phenolic OH excluding ortho intramolecular Hbond substituents is 1. The molecule has 1 rings (SSSR count). The largest absolute Gasteiger partial charge is 0.507 e. The number of nitrogens with zero attached hydrogens (tertiary/aromatic N) is 1. The molecule has 142 valence electrons. The van der Waals surface area contributed by atoms with Crippen molar-refractivity contribution >= 4 is 5.71 Å². The van der Waals surface area contributed by atoms with Crippen LogP contribution in [0.2, 0.25) is 0 Å². The monoisotopic (exact) mass is 349 g/mol. The highest BCUT2D eigenvalue weighted by Gasteiger charge is 2.11. The van der Waals surface area contributed by atoms with Crippen molar-refractivity contribution in [1.29, 1.82) is 0 Å². The predicted molar refractivity (Wildman–Crippen MR) is 104 cm³/mol. The molecule has 4 nitrogen and oxygen atoms in total. The standard InChI is InChI=1S/C21H35NO3/c1-3-5-7-9-10-11-13-20(22-24)19-15-14-18(17-21(19)23)25-16-12-8-6-4-2/h14-15,17,23-24H,3-13,16H2,1-2H3/b22-20-. The van der Waals surface area contributed by atoms with Crippen LogP contribution in [0, 0.1) is 0 Å². The fourth-order valence-corrected chi connectivity index (χ4v) is 2.88. The lowest BCUT2D eigenvalue weighted by atomic mass is 10.0. The molecule has 0 fully saturated rings. The van der Waals surface area contributed by atoms with Gasteiger partial charge in [0.1, 0.15) is 11.5 Å². The van der Waals surface area contributed by atoms with Crippen LogP contribution in [0.3, 0.4) is 0 Å². The first-order valence-corrected chi connectivity index (χ1v) is 9.90. The summed E-state index contributed by atoms with van der Waals surface area (Å²) in [5, 5.41) is 22.9. The second-order valence-electron chi connectivity index (χ2n) is 6.65. The zero-order chi connectivity index (χ0) is 18.3. The number of hydrogen-bond donors (Lipinski definition) is 2. The van der Waals surface area contributed by atoms with Crippen LogP contribution in [0.5, 0.6) is 11.5 Å². The van der Waals surface area contributed by atoms with Crippen molar-refractivity contribution in [3.8, 4) is 11.5 Å². The summed E-state index contributed by atoms with van der Waals surface area (Å²) in [5.41, 5.74) is 1.14. The topological polar surface area (TPSA) is 62.1 Å². The van der Waals surface area contributed by atoms with Gasteiger partial charge in [-0.2, -0.15) is 0 Å². The average Bonchev–Trinajstić information content (AvgIpc) is 2.62. The molecule has 25 heavy (non-hydrogen) atoms. The summed E-state index contributed by atoms with van der Waals surface area (Å²) in [5.74, 6) is 0.777. The van der Waals surface area contributed by atoms with Crippen LogP contribution in [0.15, 0.2) is 23.4 Å². The van der Waals surface area contributed by atoms with E-state index in [-0.39, 0.29) is 5.75 Å². The lowest BCUT2D eigenvalue weighted by molar-refractivity contribution is 0.303. The molecule has 0 spiro atoms. The van der Waals surface area contributed by atoms with E-state index in [1.165, 1.54) is 44.9 Å². The fourth-order valence-electron chi connectivity index (χ4n) is 2.88. The van der Waals surface area contributed by atoms with Gasteiger partial charge in [0, 0.05) is 11.6 Å². The second-order valence-corrected chi connectivity index (χ2v) is 6.65. The van der Waals surface area contributed by atoms with Gasteiger partial charge < -0.3 is 15.1 Å². The van der Waals surface area contributed by atoms with E-state index in [1.807, 2.05) is 6.07 Å². The van der Waals surface area contributed by atoms with Gasteiger partial charge in [0.05, 0.1) is 12.3 Å². The number of aromatic hydroxyl groups is 1. The molecule has 4 heteroatoms. The third kappa shape index (κ3) is 8.80. The highest BCUT2D eigenvalue weighted by molar-refractivity contribution is 6.02. The van der Waals surface area contributed by atoms with Gasteiger partial charge in [-0.25, -0.2) is 0 Å². The van der Waals surface area contributed by atoms with Crippen molar-refractivity contribution in [3.63, 3.8) is 0 Å². The molecule has 1 aromatic carbocycles. The summed E-state index contributed by atoms with van der Waals surface area (Å²) in [6.07, 6.45) is 12.4. The second kappa shape index (κ2) is 13.6. The third-order valence-electron chi connectivity index (χ3n) is 4.43. The summed E-state index contributed by atoms with van der Waals surface area (Å²) in [6, 6.07) is 5.23. The zero-order valence-corrected chi connectivity index (χ0v) is 16.0. The quantitative estimate of drug-likeness (QED) is 0.180. The van der Waals surface area contributed by atoms with Gasteiger partial charge in [-0.15, -0.1) is 0 Å². The minimum atomic E-state index is 0.116. The maximum absolute atomic E-state index is 10.2. The van der Waals surface area contributed by atoms with E-state index in [2.05, 4.69) is 19.0 Å². The minimum absolute atomic E-state index is 0.116. The molecule has 0 bridgehead atoms. The van der Waals surface area contributed by atoms with E-state index >= 15 is 0 Å². The normalized spacial score (nSPS) is 11.7. The van der Waals surface area contributed by atoms with Crippen LogP contribution in [-0.2, 0) is 0 Å². The van der Waals surface area contributed by atoms with Crippen molar-refractivity contribution in [2.75, 3.05) is 6.61 Å². The SMILES string of the molecule is CCCCCCCC/C(=N/O)c1ccc(OCCCCCC)cc1O. The van der Waals surface area contributed by atoms with E-state index in [0.717, 1.165) is 19.3 Å². The van der Waals surface area contributed by atoms with Crippen LogP contribution in [0.4, 0.5) is 0 Å². The Hall–Kier alpha value is -1.71. The number of phenols is 1. The molecule has 0 saturated heterocycles. The Morgan fingerprint density at radius 1 is 0.920 bits per heavy atom. The molecule has 0 heterocycles. The molecule has 2 N–H and O–H groups in total. The van der Waals surface area contributed by atoms with Crippen molar-refractivity contribution in [3.05, 3.63) is 23.8 Å². The minimum Gasteiger partial charge on any atom is -0.507 e. The van der Waals surface area contributed by atoms with E-state index in [4.69, 9.17) is 4.74 Å². The van der Waals surface area contributed by atoms with Gasteiger partial charge >= 0.3 is 0 Å². The highest BCUT2D eigenvalue weighted by Crippen LogP contribution is 2.26. The van der Waals surface area contributed by atoms with Gasteiger partial charge in [-0.1, -0.05) is 70.4 Å². The van der Waals surface area contributed by atoms with Crippen LogP contribution < -0.4 is 4.74 Å². The number of benzene rings is 1. The van der Waals surface area contributed by atoms with Gasteiger partial charge in [-0.3, -0.25) is 0 Å². The van der Waals surface area contributed by atoms with Crippen molar-refractivity contribution in [1.82, 2.24) is 0 Å². The molecule has 0 unspecified atom stereocenters. The fraction of sp³-hybridized carbons (Fsp3) is 0.667. The molecular formula is C21H35NO3. The predicted octanol–water partition coefficient (Wildman–Crippen LogP) is 6.28. The zero-order valence-electron chi connectivity index (χ0n) is 16.0. The van der Waals surface area contributed by atoms with E-state index in [0.29, 0.717) is 30.1 Å². The van der Waals surface area contributed by atoms with Gasteiger partial charge in [-0.05, 0) is 31.4 Å². The maximum Gasteiger partial charge on any atom is 0.128 e. The molecule has 0 aliphatic rings. The number of oxime groups is 1. The molecule has 0 atom stereocenters. The van der Waals surface area contributed by atoms with Gasteiger partial charge in [0.2, 0.25) is 0 Å². The maximum atomic E-state index is 10.2. The number of rotatable bonds is 14. The lowest BCUT2D eigenvalue weighted by Gasteiger charge is -2.10. The van der Waals surface area contributed by atoms with Gasteiger partial charge in [0.25, 0.3) is 0 Å². The molecule has 0 amide bonds. The Labute approximate surface area is 152 Å². The molecule has 0 aromatic heterocycles. The molecule has 0 saturated carbocycles. The number of unbranched alkanes of at least 4 members (excludes halogenated alkanes) is 8. The van der Waals surface area contributed by atoms with E-state index < -0.39 is 0 Å². The average molecular weight is 350 g/mol. The molecule has 0 radical (unpaired) electrons. The van der Waals surface area contributed by atoms with Crippen molar-refractivity contribution < 1.29 is 15.1 Å². The van der Waals surface area contributed by atoms with E-state index in [1.54, 1.807) is 12.1 Å². The summed E-state index contributed by atoms with van der Waals surface area (Å²) in [6.45, 7) is 5.05. The van der Waals surface area contributed by atoms with Crippen LogP contribution >= 0.6 is 0 Å². The summed E-state index contributed by atoms with van der Waals surface area (Å²) in [7, 11) is 0. The Morgan fingerprint density at radius 2 is 1.56 bits per heavy atom. The van der Waals surface area contributed by atoms with Gasteiger partial charge in [0.15, 0.2) is 0 Å². The van der Waals surface area contributed by atoms with Crippen molar-refractivity contribution in [2.45, 2.75) is 84.5 Å². The highest BCUT2D eigenvalue weighted by atomic mass is 16.5. The summed E-state index contributed by atoms with van der Waals surface area (Å²) in [4.78, 5) is 0. The Balaban J connectivity index is 2.44. The van der Waals surface area contributed by atoms with Crippen LogP contribution in [0.1, 0.15) is 90.0 Å². The first-order valence-electron chi connectivity index (χ1n) is 9.90. The third-order valence-corrected chi connectivity index (χ3v) is 4.43. The Morgan fingerprint density at radius 3 is 2.20 bits per heavy atom. The Bertz CT molecular complexity index is 500. The first-order chi connectivity index (χ1) is 12.2. The molecule has 0 aliphatic carbocycles. The number of ether oxygens (including phenoxy) is 1. The summed E-state index contributed by atoms with van der Waals surface area (Å²) >= 11 is 0. The Kier molecular flexibility index (Phi) is 11.6. The molecule has 1 aromatic rings. The smallest absolute Gasteiger partial charge is 0.128 e. The van der Waals surface area contributed by atoms with Crippen LogP contribution in [-0.4, -0.2) is 22.6 Å². The van der Waals surface area contributed by atoms with Crippen molar-refractivity contribution in [2.24, 2.45) is 5.16 Å². The summed E-state index contributed by atoms with van der Waals surface area (Å²) < 4.78 is 5.68. The van der Waals surface area contributed by atoms with E-state index in [9.17, 15) is 10.3 Å². The first kappa shape index (κ1) is 21.3. The molecular weight excluding hydrogens is 314 g/mol. The number of hydrogen-bond acceptors (Lipinski definition) is 4. The lowest BCUT2D eigenvalue weighted by Crippen LogP contribution is -2.03.